The van der Waals surface area contributed by atoms with Gasteiger partial charge in [-0.25, -0.2) is 10.9 Å². The van der Waals surface area contributed by atoms with Crippen LogP contribution >= 0.6 is 0 Å². The molecule has 0 amide bonds. The van der Waals surface area contributed by atoms with Crippen molar-refractivity contribution in [2.75, 3.05) is 6.61 Å². The predicted molar refractivity (Wildman–Crippen MR) is 98.8 cm³/mol. The molecule has 0 aromatic heterocycles. The Morgan fingerprint density at radius 2 is 1.67 bits per heavy atom. The van der Waals surface area contributed by atoms with Crippen LogP contribution < -0.4 is 16.6 Å². The first kappa shape index (κ1) is 21.1. The second-order valence-electron chi connectivity index (χ2n) is 6.81. The average molecular weight is 338 g/mol. The lowest BCUT2D eigenvalue weighted by Crippen LogP contribution is -2.36. The van der Waals surface area contributed by atoms with Gasteiger partial charge < -0.3 is 15.9 Å². The van der Waals surface area contributed by atoms with Gasteiger partial charge in [0.05, 0.1) is 24.4 Å². The van der Waals surface area contributed by atoms with Crippen LogP contribution in [-0.4, -0.2) is 34.6 Å². The summed E-state index contributed by atoms with van der Waals surface area (Å²) in [6.45, 7) is -0.193. The number of aliphatic hydroxyl groups excluding tert-OH is 2. The zero-order valence-corrected chi connectivity index (χ0v) is 14.8. The van der Waals surface area contributed by atoms with Gasteiger partial charge >= 0.3 is 0 Å². The summed E-state index contributed by atoms with van der Waals surface area (Å²) in [6.07, 6.45) is 20.8. The number of unbranched alkanes of at least 4 members (excludes halogenated alkanes) is 7. The van der Waals surface area contributed by atoms with Crippen molar-refractivity contribution in [3.05, 3.63) is 12.2 Å². The number of rotatable bonds is 15. The Morgan fingerprint density at radius 1 is 1.04 bits per heavy atom. The summed E-state index contributed by atoms with van der Waals surface area (Å²) in [5.74, 6) is 2.70. The first-order chi connectivity index (χ1) is 11.6. The van der Waals surface area contributed by atoms with Gasteiger partial charge in [0.25, 0.3) is 0 Å². The smallest absolute Gasteiger partial charge is 0.0943 e. The van der Waals surface area contributed by atoms with E-state index in [0.29, 0.717) is 0 Å². The summed E-state index contributed by atoms with van der Waals surface area (Å²) in [5.41, 5.74) is 12.3. The van der Waals surface area contributed by atoms with Gasteiger partial charge in [0, 0.05) is 6.42 Å². The van der Waals surface area contributed by atoms with Crippen molar-refractivity contribution >= 4 is 0 Å². The molecule has 0 unspecified atom stereocenters. The van der Waals surface area contributed by atoms with E-state index < -0.39 is 12.1 Å². The van der Waals surface area contributed by atoms with E-state index in [9.17, 15) is 5.11 Å². The molecule has 1 saturated heterocycles. The van der Waals surface area contributed by atoms with Crippen molar-refractivity contribution in [1.82, 2.24) is 10.9 Å². The largest absolute Gasteiger partial charge is 0.395 e. The second kappa shape index (κ2) is 12.5. The molecule has 1 fully saturated rings. The Bertz CT molecular complexity index is 389. The minimum Gasteiger partial charge on any atom is -0.395 e. The van der Waals surface area contributed by atoms with E-state index in [1.54, 1.807) is 6.08 Å². The lowest BCUT2D eigenvalue weighted by molar-refractivity contribution is 0.144. The van der Waals surface area contributed by atoms with Crippen LogP contribution in [0.4, 0.5) is 0 Å². The maximum absolute atomic E-state index is 9.56. The predicted octanol–water partition coefficient (Wildman–Crippen LogP) is 1.95. The fourth-order valence-electron chi connectivity index (χ4n) is 2.84. The van der Waals surface area contributed by atoms with Gasteiger partial charge in [0.15, 0.2) is 0 Å². The number of nitrogens with one attached hydrogen (secondary N) is 2. The number of terminal acetylenes is 1. The zero-order chi connectivity index (χ0) is 17.7. The third-order valence-electron chi connectivity index (χ3n) is 4.61. The van der Waals surface area contributed by atoms with Crippen molar-refractivity contribution in [3.8, 4) is 12.3 Å². The molecular weight excluding hydrogens is 302 g/mol. The molecule has 0 saturated carbocycles. The maximum Gasteiger partial charge on any atom is 0.0943 e. The standard InChI is InChI=1S/C19H35N3O2/c1-2-3-11-14-19(21-22-19)15-12-9-7-5-4-6-8-10-13-18(24)17(20)16-23/h1,10,13,17-18,21-24H,3-9,11-12,14-16,20H2/b13-10+/t17-,18+/m0/s1. The monoisotopic (exact) mass is 337 g/mol. The third-order valence-corrected chi connectivity index (χ3v) is 4.61. The van der Waals surface area contributed by atoms with Crippen molar-refractivity contribution in [2.24, 2.45) is 5.73 Å². The number of aliphatic hydroxyl groups is 2. The van der Waals surface area contributed by atoms with Crippen molar-refractivity contribution in [2.45, 2.75) is 88.4 Å². The number of hydrogen-bond acceptors (Lipinski definition) is 5. The quantitative estimate of drug-likeness (QED) is 0.136. The SMILES string of the molecule is C#CCCCC1(CCCCCCCC/C=C/[C@@H](O)[C@@H](N)CO)NN1. The lowest BCUT2D eigenvalue weighted by atomic mass is 9.99. The average Bonchev–Trinajstić information content (AvgIpc) is 3.35. The van der Waals surface area contributed by atoms with E-state index >= 15 is 0 Å². The fraction of sp³-hybridized carbons (Fsp3) is 0.789. The van der Waals surface area contributed by atoms with Crippen LogP contribution in [0.3, 0.4) is 0 Å². The first-order valence-corrected chi connectivity index (χ1v) is 9.32. The molecule has 0 bridgehead atoms. The van der Waals surface area contributed by atoms with Crippen LogP contribution in [-0.2, 0) is 0 Å². The molecule has 5 nitrogen and oxygen atoms in total. The summed E-state index contributed by atoms with van der Waals surface area (Å²) < 4.78 is 0. The van der Waals surface area contributed by atoms with Crippen molar-refractivity contribution in [1.29, 1.82) is 0 Å². The van der Waals surface area contributed by atoms with E-state index in [2.05, 4.69) is 16.8 Å². The summed E-state index contributed by atoms with van der Waals surface area (Å²) in [5, 5.41) is 18.4. The summed E-state index contributed by atoms with van der Waals surface area (Å²) in [7, 11) is 0. The lowest BCUT2D eigenvalue weighted by Gasteiger charge is -2.11. The van der Waals surface area contributed by atoms with Crippen molar-refractivity contribution in [3.63, 3.8) is 0 Å². The van der Waals surface area contributed by atoms with Gasteiger partial charge in [0.2, 0.25) is 0 Å². The molecular formula is C19H35N3O2. The van der Waals surface area contributed by atoms with Gasteiger partial charge in [-0.2, -0.15) is 0 Å². The highest BCUT2D eigenvalue weighted by Gasteiger charge is 2.39. The normalized spacial score (nSPS) is 18.4. The summed E-state index contributed by atoms with van der Waals surface area (Å²) >= 11 is 0. The third kappa shape index (κ3) is 9.41. The van der Waals surface area contributed by atoms with Gasteiger partial charge in [-0.3, -0.25) is 0 Å². The number of allylic oxidation sites excluding steroid dienone is 1. The summed E-state index contributed by atoms with van der Waals surface area (Å²) in [6, 6.07) is -0.577. The van der Waals surface area contributed by atoms with Gasteiger partial charge in [-0.05, 0) is 32.1 Å². The Labute approximate surface area is 147 Å². The van der Waals surface area contributed by atoms with Crippen LogP contribution in [0.1, 0.15) is 70.6 Å². The summed E-state index contributed by atoms with van der Waals surface area (Å²) in [4.78, 5) is 0. The molecule has 0 aliphatic carbocycles. The molecule has 1 aliphatic rings. The highest BCUT2D eigenvalue weighted by atomic mass is 16.3. The number of nitrogens with two attached hydrogens (primary N) is 1. The molecule has 0 radical (unpaired) electrons. The Morgan fingerprint density at radius 3 is 2.29 bits per heavy atom. The van der Waals surface area contributed by atoms with E-state index in [0.717, 1.165) is 32.1 Å². The first-order valence-electron chi connectivity index (χ1n) is 9.32. The van der Waals surface area contributed by atoms with E-state index in [1.807, 2.05) is 6.08 Å². The number of hydrogen-bond donors (Lipinski definition) is 5. The highest BCUT2D eigenvalue weighted by Crippen LogP contribution is 2.25. The Kier molecular flexibility index (Phi) is 11.0. The molecule has 5 heteroatoms. The maximum atomic E-state index is 9.56. The van der Waals surface area contributed by atoms with Crippen LogP contribution in [0.15, 0.2) is 12.2 Å². The molecule has 0 aromatic carbocycles. The molecule has 6 N–H and O–H groups in total. The number of hydrazine groups is 1. The molecule has 1 aliphatic heterocycles. The van der Waals surface area contributed by atoms with E-state index in [-0.39, 0.29) is 12.3 Å². The van der Waals surface area contributed by atoms with Crippen LogP contribution in [0.5, 0.6) is 0 Å². The molecule has 138 valence electrons. The molecule has 24 heavy (non-hydrogen) atoms. The van der Waals surface area contributed by atoms with E-state index in [1.165, 1.54) is 38.5 Å². The topological polar surface area (TPSA) is 110 Å². The Hall–Kier alpha value is -0.900. The minimum absolute atomic E-state index is 0.178. The molecule has 0 spiro atoms. The van der Waals surface area contributed by atoms with Gasteiger partial charge in [0.1, 0.15) is 0 Å². The molecule has 2 atom stereocenters. The van der Waals surface area contributed by atoms with E-state index in [4.69, 9.17) is 17.3 Å². The minimum atomic E-state index is -0.743. The second-order valence-corrected chi connectivity index (χ2v) is 6.81. The molecule has 1 heterocycles. The Balaban J connectivity index is 1.89. The fourth-order valence-corrected chi connectivity index (χ4v) is 2.84. The zero-order valence-electron chi connectivity index (χ0n) is 14.8. The van der Waals surface area contributed by atoms with Crippen molar-refractivity contribution < 1.29 is 10.2 Å². The molecule has 1 rings (SSSR count). The molecule has 0 aromatic rings. The van der Waals surface area contributed by atoms with Gasteiger partial charge in [-0.15, -0.1) is 12.3 Å². The van der Waals surface area contributed by atoms with Crippen LogP contribution in [0.25, 0.3) is 0 Å². The van der Waals surface area contributed by atoms with Crippen LogP contribution in [0.2, 0.25) is 0 Å². The highest BCUT2D eigenvalue weighted by molar-refractivity contribution is 4.95. The van der Waals surface area contributed by atoms with Crippen LogP contribution in [0, 0.1) is 12.3 Å². The van der Waals surface area contributed by atoms with Gasteiger partial charge in [-0.1, -0.05) is 44.3 Å².